The number of hydrogen-bond acceptors (Lipinski definition) is 3. The topological polar surface area (TPSA) is 49.8 Å². The lowest BCUT2D eigenvalue weighted by molar-refractivity contribution is -0.132. The summed E-state index contributed by atoms with van der Waals surface area (Å²) in [5.74, 6) is 0.959. The Bertz CT molecular complexity index is 512. The SMILES string of the molecule is COc1ccc(O)cc1CC(=O)N1CCC2(CC1)CC2. The van der Waals surface area contributed by atoms with Crippen LogP contribution in [0.4, 0.5) is 0 Å². The highest BCUT2D eigenvalue weighted by Crippen LogP contribution is 2.53. The van der Waals surface area contributed by atoms with Crippen molar-refractivity contribution in [3.05, 3.63) is 23.8 Å². The van der Waals surface area contributed by atoms with Crippen molar-refractivity contribution in [2.75, 3.05) is 20.2 Å². The van der Waals surface area contributed by atoms with E-state index in [0.29, 0.717) is 17.6 Å². The van der Waals surface area contributed by atoms with Crippen LogP contribution in [0.5, 0.6) is 11.5 Å². The van der Waals surface area contributed by atoms with Crippen molar-refractivity contribution in [2.45, 2.75) is 32.1 Å². The lowest BCUT2D eigenvalue weighted by Gasteiger charge is -2.32. The fourth-order valence-electron chi connectivity index (χ4n) is 3.09. The third-order valence-corrected chi connectivity index (χ3v) is 4.74. The van der Waals surface area contributed by atoms with Gasteiger partial charge < -0.3 is 14.7 Å². The Hall–Kier alpha value is -1.71. The summed E-state index contributed by atoms with van der Waals surface area (Å²) in [4.78, 5) is 14.3. The molecule has 1 aromatic rings. The van der Waals surface area contributed by atoms with Crippen molar-refractivity contribution < 1.29 is 14.6 Å². The van der Waals surface area contributed by atoms with E-state index < -0.39 is 0 Å². The molecule has 2 fully saturated rings. The molecule has 0 radical (unpaired) electrons. The van der Waals surface area contributed by atoms with Gasteiger partial charge in [0.15, 0.2) is 0 Å². The second-order valence-corrected chi connectivity index (χ2v) is 6.05. The number of piperidine rings is 1. The van der Waals surface area contributed by atoms with Gasteiger partial charge in [-0.1, -0.05) is 0 Å². The van der Waals surface area contributed by atoms with Gasteiger partial charge in [0, 0.05) is 18.7 Å². The number of phenols is 1. The van der Waals surface area contributed by atoms with Crippen molar-refractivity contribution in [2.24, 2.45) is 5.41 Å². The molecule has 4 nitrogen and oxygen atoms in total. The number of benzene rings is 1. The standard InChI is InChI=1S/C16H21NO3/c1-20-14-3-2-13(18)10-12(14)11-15(19)17-8-6-16(4-5-16)7-9-17/h2-3,10,18H,4-9,11H2,1H3. The minimum absolute atomic E-state index is 0.129. The average molecular weight is 275 g/mol. The zero-order valence-electron chi connectivity index (χ0n) is 11.9. The van der Waals surface area contributed by atoms with Crippen molar-refractivity contribution in [1.82, 2.24) is 4.90 Å². The maximum Gasteiger partial charge on any atom is 0.227 e. The zero-order chi connectivity index (χ0) is 14.2. The van der Waals surface area contributed by atoms with Crippen LogP contribution in [0.15, 0.2) is 18.2 Å². The summed E-state index contributed by atoms with van der Waals surface area (Å²) in [6, 6.07) is 4.89. The Kier molecular flexibility index (Phi) is 3.32. The van der Waals surface area contributed by atoms with E-state index in [2.05, 4.69) is 0 Å². The number of rotatable bonds is 3. The lowest BCUT2D eigenvalue weighted by Crippen LogP contribution is -2.39. The molecule has 1 saturated heterocycles. The Morgan fingerprint density at radius 3 is 2.60 bits per heavy atom. The van der Waals surface area contributed by atoms with E-state index in [1.54, 1.807) is 25.3 Å². The Labute approximate surface area is 119 Å². The van der Waals surface area contributed by atoms with Gasteiger partial charge in [-0.3, -0.25) is 4.79 Å². The number of carbonyl (C=O) groups is 1. The summed E-state index contributed by atoms with van der Waals surface area (Å²) in [6.07, 6.45) is 5.28. The molecule has 1 spiro atoms. The molecule has 1 amide bonds. The molecule has 2 aliphatic rings. The van der Waals surface area contributed by atoms with Gasteiger partial charge in [0.2, 0.25) is 5.91 Å². The second kappa shape index (κ2) is 5.00. The molecule has 1 N–H and O–H groups in total. The average Bonchev–Trinajstić information content (AvgIpc) is 3.19. The zero-order valence-corrected chi connectivity index (χ0v) is 11.9. The van der Waals surface area contributed by atoms with Gasteiger partial charge in [0.1, 0.15) is 11.5 Å². The third-order valence-electron chi connectivity index (χ3n) is 4.74. The number of methoxy groups -OCH3 is 1. The van der Waals surface area contributed by atoms with Crippen LogP contribution in [-0.2, 0) is 11.2 Å². The maximum absolute atomic E-state index is 12.4. The van der Waals surface area contributed by atoms with Crippen molar-refractivity contribution in [1.29, 1.82) is 0 Å². The minimum atomic E-state index is 0.129. The third kappa shape index (κ3) is 2.60. The normalized spacial score (nSPS) is 19.9. The number of phenolic OH excluding ortho intramolecular Hbond substituents is 1. The molecule has 1 saturated carbocycles. The van der Waals surface area contributed by atoms with E-state index in [4.69, 9.17) is 4.74 Å². The Morgan fingerprint density at radius 2 is 2.00 bits per heavy atom. The summed E-state index contributed by atoms with van der Waals surface area (Å²) >= 11 is 0. The number of likely N-dealkylation sites (tertiary alicyclic amines) is 1. The molecule has 0 bridgehead atoms. The van der Waals surface area contributed by atoms with E-state index >= 15 is 0 Å². The first kappa shape index (κ1) is 13.3. The summed E-state index contributed by atoms with van der Waals surface area (Å²) in [7, 11) is 1.58. The molecular weight excluding hydrogens is 254 g/mol. The summed E-state index contributed by atoms with van der Waals surface area (Å²) in [5.41, 5.74) is 1.34. The first-order valence-electron chi connectivity index (χ1n) is 7.26. The molecule has 1 aromatic carbocycles. The lowest BCUT2D eigenvalue weighted by atomic mass is 9.93. The summed E-state index contributed by atoms with van der Waals surface area (Å²) < 4.78 is 5.25. The van der Waals surface area contributed by atoms with E-state index in [-0.39, 0.29) is 11.7 Å². The van der Waals surface area contributed by atoms with Gasteiger partial charge in [0.25, 0.3) is 0 Å². The molecule has 20 heavy (non-hydrogen) atoms. The van der Waals surface area contributed by atoms with E-state index in [9.17, 15) is 9.90 Å². The number of nitrogens with zero attached hydrogens (tertiary/aromatic N) is 1. The van der Waals surface area contributed by atoms with Crippen LogP contribution in [0.25, 0.3) is 0 Å². The van der Waals surface area contributed by atoms with Gasteiger partial charge in [-0.25, -0.2) is 0 Å². The van der Waals surface area contributed by atoms with Gasteiger partial charge in [-0.05, 0) is 49.3 Å². The summed E-state index contributed by atoms with van der Waals surface area (Å²) in [5, 5.41) is 9.55. The van der Waals surface area contributed by atoms with Crippen LogP contribution < -0.4 is 4.74 Å². The van der Waals surface area contributed by atoms with Crippen molar-refractivity contribution >= 4 is 5.91 Å². The fraction of sp³-hybridized carbons (Fsp3) is 0.562. The van der Waals surface area contributed by atoms with Crippen molar-refractivity contribution in [3.8, 4) is 11.5 Å². The number of hydrogen-bond donors (Lipinski definition) is 1. The van der Waals surface area contributed by atoms with E-state index in [1.165, 1.54) is 12.8 Å². The quantitative estimate of drug-likeness (QED) is 0.921. The Balaban J connectivity index is 1.65. The molecule has 108 valence electrons. The predicted molar refractivity (Wildman–Crippen MR) is 75.8 cm³/mol. The predicted octanol–water partition coefficient (Wildman–Crippen LogP) is 2.35. The van der Waals surface area contributed by atoms with Crippen LogP contribution in [0, 0.1) is 5.41 Å². The van der Waals surface area contributed by atoms with Gasteiger partial charge in [-0.15, -0.1) is 0 Å². The molecule has 3 rings (SSSR count). The molecule has 4 heteroatoms. The first-order chi connectivity index (χ1) is 9.62. The molecule has 1 aliphatic carbocycles. The second-order valence-electron chi connectivity index (χ2n) is 6.05. The van der Waals surface area contributed by atoms with Crippen LogP contribution in [-0.4, -0.2) is 36.1 Å². The summed E-state index contributed by atoms with van der Waals surface area (Å²) in [6.45, 7) is 1.75. The highest BCUT2D eigenvalue weighted by molar-refractivity contribution is 5.79. The monoisotopic (exact) mass is 275 g/mol. The van der Waals surface area contributed by atoms with Gasteiger partial charge >= 0.3 is 0 Å². The number of amides is 1. The Morgan fingerprint density at radius 1 is 1.30 bits per heavy atom. The largest absolute Gasteiger partial charge is 0.508 e. The highest BCUT2D eigenvalue weighted by Gasteiger charge is 2.44. The number of carbonyl (C=O) groups excluding carboxylic acids is 1. The van der Waals surface area contributed by atoms with E-state index in [1.807, 2.05) is 4.90 Å². The van der Waals surface area contributed by atoms with Gasteiger partial charge in [-0.2, -0.15) is 0 Å². The van der Waals surface area contributed by atoms with Crippen LogP contribution >= 0.6 is 0 Å². The van der Waals surface area contributed by atoms with Gasteiger partial charge in [0.05, 0.1) is 13.5 Å². The molecule has 0 atom stereocenters. The highest BCUT2D eigenvalue weighted by atomic mass is 16.5. The number of ether oxygens (including phenoxy) is 1. The smallest absolute Gasteiger partial charge is 0.227 e. The molecular formula is C16H21NO3. The van der Waals surface area contributed by atoms with Crippen LogP contribution in [0.1, 0.15) is 31.2 Å². The number of aromatic hydroxyl groups is 1. The van der Waals surface area contributed by atoms with E-state index in [0.717, 1.165) is 31.5 Å². The molecule has 1 aliphatic heterocycles. The molecule has 0 aromatic heterocycles. The fourth-order valence-corrected chi connectivity index (χ4v) is 3.09. The molecule has 0 unspecified atom stereocenters. The van der Waals surface area contributed by atoms with Crippen LogP contribution in [0.3, 0.4) is 0 Å². The van der Waals surface area contributed by atoms with Crippen molar-refractivity contribution in [3.63, 3.8) is 0 Å². The van der Waals surface area contributed by atoms with Crippen LogP contribution in [0.2, 0.25) is 0 Å². The molecule has 1 heterocycles. The first-order valence-corrected chi connectivity index (χ1v) is 7.26. The maximum atomic E-state index is 12.4. The minimum Gasteiger partial charge on any atom is -0.508 e.